The highest BCUT2D eigenvalue weighted by atomic mass is 16.6. The monoisotopic (exact) mass is 464 g/mol. The van der Waals surface area contributed by atoms with E-state index in [0.29, 0.717) is 34.8 Å². The van der Waals surface area contributed by atoms with Crippen molar-refractivity contribution in [1.82, 2.24) is 10.2 Å². The number of methoxy groups -OCH3 is 1. The van der Waals surface area contributed by atoms with Crippen LogP contribution < -0.4 is 14.8 Å². The van der Waals surface area contributed by atoms with Crippen LogP contribution in [0.5, 0.6) is 11.5 Å². The van der Waals surface area contributed by atoms with Crippen molar-refractivity contribution in [2.45, 2.75) is 38.5 Å². The average Bonchev–Trinajstić information content (AvgIpc) is 2.79. The van der Waals surface area contributed by atoms with E-state index >= 15 is 0 Å². The van der Waals surface area contributed by atoms with Gasteiger partial charge in [-0.05, 0) is 80.1 Å². The third-order valence-corrected chi connectivity index (χ3v) is 7.67. The lowest BCUT2D eigenvalue weighted by Crippen LogP contribution is -2.54. The molecule has 34 heavy (non-hydrogen) atoms. The smallest absolute Gasteiger partial charge is 0.331 e. The molecule has 1 N–H and O–H groups in total. The Hall–Kier alpha value is -3.42. The number of hydrogen-bond donors (Lipinski definition) is 1. The van der Waals surface area contributed by atoms with Gasteiger partial charge in [-0.1, -0.05) is 12.1 Å². The molecule has 8 heteroatoms. The zero-order valence-electron chi connectivity index (χ0n) is 19.2. The van der Waals surface area contributed by atoms with Gasteiger partial charge in [0.2, 0.25) is 0 Å². The van der Waals surface area contributed by atoms with E-state index in [1.807, 2.05) is 0 Å². The van der Waals surface area contributed by atoms with Crippen LogP contribution in [0.1, 0.15) is 44.1 Å². The largest absolute Gasteiger partial charge is 0.493 e. The maximum Gasteiger partial charge on any atom is 0.331 e. The van der Waals surface area contributed by atoms with Crippen molar-refractivity contribution in [2.24, 2.45) is 23.2 Å². The molecule has 8 nitrogen and oxygen atoms in total. The molecule has 1 aromatic rings. The molecular formula is C26H28N2O6. The number of nitrogens with one attached hydrogen (secondary N) is 1. The van der Waals surface area contributed by atoms with Gasteiger partial charge in [-0.15, -0.1) is 6.58 Å². The number of nitrogens with zero attached hydrogens (tertiary/aromatic N) is 1. The van der Waals surface area contributed by atoms with Crippen LogP contribution in [-0.4, -0.2) is 42.4 Å². The summed E-state index contributed by atoms with van der Waals surface area (Å²) in [4.78, 5) is 51.0. The summed E-state index contributed by atoms with van der Waals surface area (Å²) in [6.45, 7) is 3.51. The Morgan fingerprint density at radius 1 is 1.12 bits per heavy atom. The van der Waals surface area contributed by atoms with Gasteiger partial charge in [-0.2, -0.15) is 0 Å². The first-order chi connectivity index (χ1) is 16.3. The minimum Gasteiger partial charge on any atom is -0.493 e. The average molecular weight is 465 g/mol. The maximum absolute atomic E-state index is 13.3. The summed E-state index contributed by atoms with van der Waals surface area (Å²) < 4.78 is 11.3. The van der Waals surface area contributed by atoms with Crippen molar-refractivity contribution in [1.29, 1.82) is 0 Å². The predicted molar refractivity (Wildman–Crippen MR) is 123 cm³/mol. The van der Waals surface area contributed by atoms with Crippen LogP contribution in [0.3, 0.4) is 0 Å². The van der Waals surface area contributed by atoms with E-state index in [0.717, 1.165) is 24.2 Å². The van der Waals surface area contributed by atoms with Gasteiger partial charge >= 0.3 is 12.0 Å². The molecule has 1 saturated heterocycles. The molecule has 5 aliphatic rings. The molecule has 0 aromatic heterocycles. The van der Waals surface area contributed by atoms with Crippen LogP contribution in [0.15, 0.2) is 36.4 Å². The van der Waals surface area contributed by atoms with E-state index in [9.17, 15) is 19.2 Å². The summed E-state index contributed by atoms with van der Waals surface area (Å²) in [6, 6.07) is 4.08. The zero-order valence-corrected chi connectivity index (χ0v) is 19.2. The molecule has 1 heterocycles. The van der Waals surface area contributed by atoms with Gasteiger partial charge in [0.25, 0.3) is 11.8 Å². The third kappa shape index (κ3) is 3.81. The molecule has 4 saturated carbocycles. The second kappa shape index (κ2) is 8.42. The van der Waals surface area contributed by atoms with Gasteiger partial charge in [0.15, 0.2) is 11.5 Å². The molecular weight excluding hydrogens is 436 g/mol. The number of amides is 4. The van der Waals surface area contributed by atoms with Gasteiger partial charge in [0, 0.05) is 6.54 Å². The number of carbonyl (C=O) groups is 4. The number of imide groups is 2. The summed E-state index contributed by atoms with van der Waals surface area (Å²) in [5.41, 5.74) is -0.0755. The first-order valence-corrected chi connectivity index (χ1v) is 11.7. The minimum absolute atomic E-state index is 0.0161. The summed E-state index contributed by atoms with van der Waals surface area (Å²) in [5.74, 6) is 0.862. The highest BCUT2D eigenvalue weighted by molar-refractivity contribution is 6.31. The van der Waals surface area contributed by atoms with Crippen LogP contribution in [0.4, 0.5) is 4.79 Å². The summed E-state index contributed by atoms with van der Waals surface area (Å²) in [6.07, 6.45) is 9.21. The Morgan fingerprint density at radius 3 is 2.35 bits per heavy atom. The highest BCUT2D eigenvalue weighted by Gasteiger charge is 2.55. The Morgan fingerprint density at radius 2 is 1.76 bits per heavy atom. The van der Waals surface area contributed by atoms with Crippen molar-refractivity contribution in [3.05, 3.63) is 42.0 Å². The van der Waals surface area contributed by atoms with Crippen LogP contribution in [0.2, 0.25) is 0 Å². The second-order valence-electron chi connectivity index (χ2n) is 10.0. The molecule has 0 radical (unpaired) electrons. The van der Waals surface area contributed by atoms with Gasteiger partial charge in [-0.3, -0.25) is 24.6 Å². The summed E-state index contributed by atoms with van der Waals surface area (Å²) in [5, 5.41) is 2.15. The fourth-order valence-corrected chi connectivity index (χ4v) is 6.58. The second-order valence-corrected chi connectivity index (χ2v) is 10.0. The molecule has 0 spiro atoms. The number of barbiturate groups is 1. The van der Waals surface area contributed by atoms with Crippen LogP contribution in [0.25, 0.3) is 6.08 Å². The molecule has 0 atom stereocenters. The fraction of sp³-hybridized carbons (Fsp3) is 0.462. The van der Waals surface area contributed by atoms with Crippen molar-refractivity contribution in [3.63, 3.8) is 0 Å². The first kappa shape index (κ1) is 22.4. The molecule has 5 fully saturated rings. The van der Waals surface area contributed by atoms with Crippen LogP contribution in [0, 0.1) is 23.2 Å². The molecule has 1 aromatic carbocycles. The zero-order chi connectivity index (χ0) is 24.0. The predicted octanol–water partition coefficient (Wildman–Crippen LogP) is 3.46. The van der Waals surface area contributed by atoms with E-state index in [4.69, 9.17) is 9.47 Å². The van der Waals surface area contributed by atoms with Crippen molar-refractivity contribution < 1.29 is 28.7 Å². The first-order valence-electron chi connectivity index (χ1n) is 11.7. The van der Waals surface area contributed by atoms with E-state index in [1.54, 1.807) is 18.2 Å². The number of rotatable bonds is 6. The fourth-order valence-electron chi connectivity index (χ4n) is 6.58. The molecule has 1 aliphatic heterocycles. The van der Waals surface area contributed by atoms with Crippen molar-refractivity contribution in [3.8, 4) is 11.5 Å². The molecule has 178 valence electrons. The number of ether oxygens (including phenoxy) is 2. The molecule has 6 rings (SSSR count). The Balaban J connectivity index is 1.37. The van der Waals surface area contributed by atoms with Crippen LogP contribution in [-0.2, 0) is 14.4 Å². The van der Waals surface area contributed by atoms with Crippen molar-refractivity contribution >= 4 is 29.9 Å². The lowest BCUT2D eigenvalue weighted by Gasteiger charge is -2.55. The maximum atomic E-state index is 13.3. The van der Waals surface area contributed by atoms with Gasteiger partial charge in [-0.25, -0.2) is 4.79 Å². The minimum atomic E-state index is -0.781. The summed E-state index contributed by atoms with van der Waals surface area (Å²) >= 11 is 0. The SMILES string of the molecule is C=CCN1C(=O)NC(=O)C(=Cc2ccc(OC(=O)C34CC5CC(CC(C5)C3)C4)c(OC)c2)C1=O. The van der Waals surface area contributed by atoms with Gasteiger partial charge < -0.3 is 9.47 Å². The molecule has 4 amide bonds. The highest BCUT2D eigenvalue weighted by Crippen LogP contribution is 2.60. The number of carbonyl (C=O) groups excluding carboxylic acids is 4. The Bertz CT molecular complexity index is 1090. The molecule has 0 unspecified atom stereocenters. The number of hydrogen-bond acceptors (Lipinski definition) is 6. The van der Waals surface area contributed by atoms with E-state index in [1.165, 1.54) is 38.5 Å². The normalized spacial score (nSPS) is 31.0. The van der Waals surface area contributed by atoms with E-state index < -0.39 is 23.3 Å². The molecule has 4 aliphatic carbocycles. The summed E-state index contributed by atoms with van der Waals surface area (Å²) in [7, 11) is 1.47. The van der Waals surface area contributed by atoms with E-state index in [-0.39, 0.29) is 18.1 Å². The third-order valence-electron chi connectivity index (χ3n) is 7.67. The Kier molecular flexibility index (Phi) is 5.54. The van der Waals surface area contributed by atoms with Crippen LogP contribution >= 0.6 is 0 Å². The lowest BCUT2D eigenvalue weighted by molar-refractivity contribution is -0.161. The number of urea groups is 1. The number of benzene rings is 1. The quantitative estimate of drug-likeness (QED) is 0.227. The van der Waals surface area contributed by atoms with Gasteiger partial charge in [0.1, 0.15) is 5.57 Å². The Labute approximate surface area is 198 Å². The van der Waals surface area contributed by atoms with Gasteiger partial charge in [0.05, 0.1) is 12.5 Å². The topological polar surface area (TPSA) is 102 Å². The molecule has 4 bridgehead atoms. The van der Waals surface area contributed by atoms with Crippen molar-refractivity contribution in [2.75, 3.05) is 13.7 Å². The standard InChI is InChI=1S/C26H28N2O6/c1-3-6-28-23(30)19(22(29)27-25(28)32)10-15-4-5-20(21(11-15)33-2)34-24(31)26-12-16-7-17(13-26)9-18(8-16)14-26/h3-5,10-11,16-18H,1,6-9,12-14H2,2H3,(H,27,29,32). The van der Waals surface area contributed by atoms with E-state index in [2.05, 4.69) is 11.9 Å². The lowest BCUT2D eigenvalue weighted by atomic mass is 9.49. The number of esters is 1.